The lowest BCUT2D eigenvalue weighted by Gasteiger charge is -2.13. The molecule has 0 aliphatic carbocycles. The fraction of sp³-hybridized carbons (Fsp3) is 0.188. The third-order valence-corrected chi connectivity index (χ3v) is 3.51. The first-order valence-corrected chi connectivity index (χ1v) is 6.67. The third-order valence-electron chi connectivity index (χ3n) is 3.51. The molecule has 0 saturated heterocycles. The van der Waals surface area contributed by atoms with Crippen LogP contribution < -0.4 is 11.4 Å². The number of hydrogen-bond donors (Lipinski definition) is 2. The fourth-order valence-corrected chi connectivity index (χ4v) is 2.54. The van der Waals surface area contributed by atoms with Crippen molar-refractivity contribution in [3.8, 4) is 5.69 Å². The fourth-order valence-electron chi connectivity index (χ4n) is 2.54. The van der Waals surface area contributed by atoms with Gasteiger partial charge in [-0.1, -0.05) is 32.0 Å². The number of para-hydroxylation sites is 1. The maximum Gasteiger partial charge on any atom is 0.331 e. The zero-order chi connectivity index (χ0) is 14.3. The Morgan fingerprint density at radius 3 is 2.65 bits per heavy atom. The van der Waals surface area contributed by atoms with Crippen LogP contribution in [0.4, 0.5) is 5.69 Å². The van der Waals surface area contributed by atoms with Crippen LogP contribution >= 0.6 is 0 Å². The summed E-state index contributed by atoms with van der Waals surface area (Å²) < 4.78 is 1.70. The topological polar surface area (TPSA) is 63.8 Å². The molecule has 3 N–H and O–H groups in total. The lowest BCUT2D eigenvalue weighted by atomic mass is 10.0. The molecule has 0 radical (unpaired) electrons. The van der Waals surface area contributed by atoms with Crippen LogP contribution in [0.25, 0.3) is 16.7 Å². The molecule has 3 aromatic rings. The van der Waals surface area contributed by atoms with E-state index in [0.29, 0.717) is 11.6 Å². The van der Waals surface area contributed by atoms with Crippen LogP contribution in [0.1, 0.15) is 25.3 Å². The number of H-pyrrole nitrogens is 1. The SMILES string of the molecule is CC(C)c1ccccc1-n1c(=O)[nH]c2ccc(N)cc21. The third kappa shape index (κ3) is 1.90. The minimum atomic E-state index is -0.140. The first kappa shape index (κ1) is 12.5. The molecule has 102 valence electrons. The highest BCUT2D eigenvalue weighted by Gasteiger charge is 2.13. The Balaban J connectivity index is 2.38. The average Bonchev–Trinajstić information content (AvgIpc) is 2.74. The zero-order valence-electron chi connectivity index (χ0n) is 11.6. The summed E-state index contributed by atoms with van der Waals surface area (Å²) in [4.78, 5) is 15.2. The molecule has 0 unspecified atom stereocenters. The van der Waals surface area contributed by atoms with E-state index in [-0.39, 0.29) is 5.69 Å². The number of nitrogens with zero attached hydrogens (tertiary/aromatic N) is 1. The summed E-state index contributed by atoms with van der Waals surface area (Å²) >= 11 is 0. The number of anilines is 1. The smallest absolute Gasteiger partial charge is 0.331 e. The summed E-state index contributed by atoms with van der Waals surface area (Å²) in [7, 11) is 0. The molecule has 4 nitrogen and oxygen atoms in total. The van der Waals surface area contributed by atoms with E-state index in [2.05, 4.69) is 24.9 Å². The van der Waals surface area contributed by atoms with Gasteiger partial charge in [-0.25, -0.2) is 4.79 Å². The predicted octanol–water partition coefficient (Wildman–Crippen LogP) is 3.02. The second-order valence-corrected chi connectivity index (χ2v) is 5.26. The number of imidazole rings is 1. The summed E-state index contributed by atoms with van der Waals surface area (Å²) in [5.74, 6) is 0.337. The highest BCUT2D eigenvalue weighted by molar-refractivity contribution is 5.81. The van der Waals surface area contributed by atoms with Gasteiger partial charge in [0.15, 0.2) is 0 Å². The largest absolute Gasteiger partial charge is 0.399 e. The van der Waals surface area contributed by atoms with Crippen molar-refractivity contribution in [2.45, 2.75) is 19.8 Å². The van der Waals surface area contributed by atoms with Gasteiger partial charge in [0.05, 0.1) is 16.7 Å². The van der Waals surface area contributed by atoms with Gasteiger partial charge in [-0.05, 0) is 35.7 Å². The lowest BCUT2D eigenvalue weighted by Crippen LogP contribution is -2.16. The molecule has 0 aliphatic rings. The molecule has 0 amide bonds. The summed E-state index contributed by atoms with van der Waals surface area (Å²) in [5.41, 5.74) is 10.0. The summed E-state index contributed by atoms with van der Waals surface area (Å²) in [6.45, 7) is 4.24. The summed E-state index contributed by atoms with van der Waals surface area (Å²) in [6, 6.07) is 13.4. The molecule has 1 heterocycles. The van der Waals surface area contributed by atoms with E-state index in [1.165, 1.54) is 0 Å². The van der Waals surface area contributed by atoms with Gasteiger partial charge >= 0.3 is 5.69 Å². The van der Waals surface area contributed by atoms with Crippen molar-refractivity contribution in [1.82, 2.24) is 9.55 Å². The van der Waals surface area contributed by atoms with Crippen molar-refractivity contribution in [1.29, 1.82) is 0 Å². The number of nitrogen functional groups attached to an aromatic ring is 1. The van der Waals surface area contributed by atoms with Gasteiger partial charge in [0.1, 0.15) is 0 Å². The Kier molecular flexibility index (Phi) is 2.86. The Bertz CT molecular complexity index is 827. The first-order chi connectivity index (χ1) is 9.58. The standard InChI is InChI=1S/C16H17N3O/c1-10(2)12-5-3-4-6-14(12)19-15-9-11(17)7-8-13(15)18-16(19)20/h3-10H,17H2,1-2H3,(H,18,20). The predicted molar refractivity (Wildman–Crippen MR) is 82.4 cm³/mol. The van der Waals surface area contributed by atoms with Gasteiger partial charge in [0.2, 0.25) is 0 Å². The molecule has 0 atom stereocenters. The maximum atomic E-state index is 12.3. The van der Waals surface area contributed by atoms with Crippen LogP contribution in [0.5, 0.6) is 0 Å². The number of rotatable bonds is 2. The van der Waals surface area contributed by atoms with E-state index < -0.39 is 0 Å². The lowest BCUT2D eigenvalue weighted by molar-refractivity contribution is 0.844. The molecule has 0 spiro atoms. The Labute approximate surface area is 116 Å². The van der Waals surface area contributed by atoms with Gasteiger partial charge < -0.3 is 10.7 Å². The van der Waals surface area contributed by atoms with E-state index in [4.69, 9.17) is 5.73 Å². The zero-order valence-corrected chi connectivity index (χ0v) is 11.6. The highest BCUT2D eigenvalue weighted by Crippen LogP contribution is 2.25. The average molecular weight is 267 g/mol. The Morgan fingerprint density at radius 2 is 1.90 bits per heavy atom. The minimum Gasteiger partial charge on any atom is -0.399 e. The summed E-state index contributed by atoms with van der Waals surface area (Å²) in [5, 5.41) is 0. The molecule has 3 rings (SSSR count). The van der Waals surface area contributed by atoms with Crippen LogP contribution in [-0.4, -0.2) is 9.55 Å². The molecule has 0 fully saturated rings. The number of aromatic nitrogens is 2. The molecular weight excluding hydrogens is 250 g/mol. The Hall–Kier alpha value is -2.49. The van der Waals surface area contributed by atoms with Crippen molar-refractivity contribution >= 4 is 16.7 Å². The van der Waals surface area contributed by atoms with Crippen molar-refractivity contribution in [2.24, 2.45) is 0 Å². The van der Waals surface area contributed by atoms with Gasteiger partial charge in [-0.2, -0.15) is 0 Å². The van der Waals surface area contributed by atoms with Gasteiger partial charge in [-0.3, -0.25) is 4.57 Å². The second-order valence-electron chi connectivity index (χ2n) is 5.26. The molecule has 0 saturated carbocycles. The molecule has 20 heavy (non-hydrogen) atoms. The number of benzene rings is 2. The number of aromatic amines is 1. The monoisotopic (exact) mass is 267 g/mol. The maximum absolute atomic E-state index is 12.3. The molecule has 0 bridgehead atoms. The van der Waals surface area contributed by atoms with Crippen LogP contribution in [0.2, 0.25) is 0 Å². The number of fused-ring (bicyclic) bond motifs is 1. The van der Waals surface area contributed by atoms with E-state index in [0.717, 1.165) is 22.3 Å². The van der Waals surface area contributed by atoms with E-state index in [9.17, 15) is 4.79 Å². The van der Waals surface area contributed by atoms with E-state index in [1.807, 2.05) is 30.3 Å². The van der Waals surface area contributed by atoms with E-state index in [1.54, 1.807) is 10.6 Å². The van der Waals surface area contributed by atoms with Crippen LogP contribution in [0.15, 0.2) is 47.3 Å². The van der Waals surface area contributed by atoms with Crippen molar-refractivity contribution in [3.63, 3.8) is 0 Å². The van der Waals surface area contributed by atoms with Crippen LogP contribution in [0.3, 0.4) is 0 Å². The summed E-state index contributed by atoms with van der Waals surface area (Å²) in [6.07, 6.45) is 0. The Morgan fingerprint density at radius 1 is 1.15 bits per heavy atom. The molecule has 1 aromatic heterocycles. The number of nitrogens with one attached hydrogen (secondary N) is 1. The van der Waals surface area contributed by atoms with Crippen molar-refractivity contribution < 1.29 is 0 Å². The van der Waals surface area contributed by atoms with Gasteiger partial charge in [0, 0.05) is 5.69 Å². The minimum absolute atomic E-state index is 0.140. The van der Waals surface area contributed by atoms with Gasteiger partial charge in [0.25, 0.3) is 0 Å². The molecule has 4 heteroatoms. The van der Waals surface area contributed by atoms with Crippen LogP contribution in [0, 0.1) is 0 Å². The van der Waals surface area contributed by atoms with Gasteiger partial charge in [-0.15, -0.1) is 0 Å². The van der Waals surface area contributed by atoms with Crippen LogP contribution in [-0.2, 0) is 0 Å². The quantitative estimate of drug-likeness (QED) is 0.701. The molecular formula is C16H17N3O. The number of hydrogen-bond acceptors (Lipinski definition) is 2. The normalized spacial score (nSPS) is 11.3. The van der Waals surface area contributed by atoms with E-state index >= 15 is 0 Å². The van der Waals surface area contributed by atoms with Crippen molar-refractivity contribution in [3.05, 3.63) is 58.5 Å². The van der Waals surface area contributed by atoms with Crippen molar-refractivity contribution in [2.75, 3.05) is 5.73 Å². The number of nitrogens with two attached hydrogens (primary N) is 1. The second kappa shape index (κ2) is 4.56. The first-order valence-electron chi connectivity index (χ1n) is 6.67. The molecule has 0 aliphatic heterocycles. The molecule has 2 aromatic carbocycles. The highest BCUT2D eigenvalue weighted by atomic mass is 16.1.